The van der Waals surface area contributed by atoms with Gasteiger partial charge in [-0.1, -0.05) is 18.2 Å². The monoisotopic (exact) mass is 472 g/mol. The zero-order chi connectivity index (χ0) is 19.3. The van der Waals surface area contributed by atoms with Gasteiger partial charge in [-0.2, -0.15) is 0 Å². The summed E-state index contributed by atoms with van der Waals surface area (Å²) in [6.45, 7) is 5.86. The van der Waals surface area contributed by atoms with Gasteiger partial charge in [-0.25, -0.2) is 9.18 Å². The van der Waals surface area contributed by atoms with Crippen molar-refractivity contribution in [3.05, 3.63) is 56.9 Å². The van der Waals surface area contributed by atoms with Crippen LogP contribution in [-0.2, 0) is 17.8 Å². The highest BCUT2D eigenvalue weighted by Gasteiger charge is 2.18. The van der Waals surface area contributed by atoms with Crippen LogP contribution in [0, 0.1) is 9.39 Å². The molecule has 2 aromatic carbocycles. The molecular formula is C19H22FIN2O3. The highest BCUT2D eigenvalue weighted by atomic mass is 127. The number of carbonyl (C=O) groups excluding carboxylic acids is 1. The van der Waals surface area contributed by atoms with Crippen LogP contribution in [0.2, 0.25) is 0 Å². The Morgan fingerprint density at radius 3 is 2.54 bits per heavy atom. The maximum absolute atomic E-state index is 14.6. The lowest BCUT2D eigenvalue weighted by Gasteiger charge is -2.20. The molecule has 0 aromatic heterocycles. The summed E-state index contributed by atoms with van der Waals surface area (Å²) >= 11 is 2.12. The Morgan fingerprint density at radius 2 is 1.88 bits per heavy atom. The van der Waals surface area contributed by atoms with E-state index in [4.69, 9.17) is 4.74 Å². The first-order valence-corrected chi connectivity index (χ1v) is 9.19. The highest BCUT2D eigenvalue weighted by Crippen LogP contribution is 2.21. The summed E-state index contributed by atoms with van der Waals surface area (Å²) in [7, 11) is 0. The van der Waals surface area contributed by atoms with Crippen molar-refractivity contribution in [1.82, 2.24) is 5.32 Å². The molecule has 2 rings (SSSR count). The van der Waals surface area contributed by atoms with E-state index in [-0.39, 0.29) is 18.0 Å². The fourth-order valence-electron chi connectivity index (χ4n) is 2.24. The molecular weight excluding hydrogens is 450 g/mol. The molecule has 3 N–H and O–H groups in total. The summed E-state index contributed by atoms with van der Waals surface area (Å²) in [5.41, 5.74) is 0.544. The van der Waals surface area contributed by atoms with Gasteiger partial charge < -0.3 is 15.2 Å². The van der Waals surface area contributed by atoms with Crippen molar-refractivity contribution in [2.45, 2.75) is 39.5 Å². The van der Waals surface area contributed by atoms with E-state index >= 15 is 0 Å². The first kappa shape index (κ1) is 20.4. The zero-order valence-corrected chi connectivity index (χ0v) is 17.1. The van der Waals surface area contributed by atoms with Gasteiger partial charge in [-0.05, 0) is 61.6 Å². The summed E-state index contributed by atoms with van der Waals surface area (Å²) in [5.74, 6) is -0.317. The van der Waals surface area contributed by atoms with E-state index in [0.717, 1.165) is 9.13 Å². The SMILES string of the molecule is CC(C)(C)OC(=O)Nc1cccc(CNCc2ccc(I)cc2O)c1F. The van der Waals surface area contributed by atoms with E-state index in [0.29, 0.717) is 12.1 Å². The number of halogens is 2. The molecule has 0 heterocycles. The van der Waals surface area contributed by atoms with Gasteiger partial charge in [0, 0.05) is 27.8 Å². The standard InChI is InChI=1S/C19H22FIN2O3/c1-19(2,3)26-18(25)23-15-6-4-5-13(17(15)20)11-22-10-12-7-8-14(21)9-16(12)24/h4-9,22,24H,10-11H2,1-3H3,(H,23,25). The van der Waals surface area contributed by atoms with Crippen LogP contribution in [0.15, 0.2) is 36.4 Å². The van der Waals surface area contributed by atoms with Crippen LogP contribution in [0.4, 0.5) is 14.9 Å². The number of nitrogens with one attached hydrogen (secondary N) is 2. The number of benzene rings is 2. The summed E-state index contributed by atoms with van der Waals surface area (Å²) in [6.07, 6.45) is -0.703. The number of phenolic OH excluding ortho intramolecular Hbond substituents is 1. The lowest BCUT2D eigenvalue weighted by atomic mass is 10.1. The second-order valence-corrected chi connectivity index (χ2v) is 8.03. The van der Waals surface area contributed by atoms with Gasteiger partial charge in [0.15, 0.2) is 5.82 Å². The minimum Gasteiger partial charge on any atom is -0.508 e. The van der Waals surface area contributed by atoms with Crippen LogP contribution in [0.25, 0.3) is 0 Å². The maximum atomic E-state index is 14.6. The number of ether oxygens (including phenoxy) is 1. The number of amides is 1. The van der Waals surface area contributed by atoms with Crippen LogP contribution in [0.5, 0.6) is 5.75 Å². The second kappa shape index (κ2) is 8.68. The van der Waals surface area contributed by atoms with E-state index in [1.165, 1.54) is 6.07 Å². The van der Waals surface area contributed by atoms with Crippen molar-refractivity contribution in [1.29, 1.82) is 0 Å². The third kappa shape index (κ3) is 6.14. The Morgan fingerprint density at radius 1 is 1.19 bits per heavy atom. The van der Waals surface area contributed by atoms with Crippen molar-refractivity contribution in [2.75, 3.05) is 5.32 Å². The average Bonchev–Trinajstić information content (AvgIpc) is 2.51. The molecule has 0 radical (unpaired) electrons. The number of phenols is 1. The molecule has 2 aromatic rings. The average molecular weight is 472 g/mol. The molecule has 140 valence electrons. The molecule has 0 saturated carbocycles. The number of anilines is 1. The van der Waals surface area contributed by atoms with Crippen LogP contribution in [0.3, 0.4) is 0 Å². The molecule has 26 heavy (non-hydrogen) atoms. The molecule has 0 fully saturated rings. The van der Waals surface area contributed by atoms with Crippen molar-refractivity contribution in [3.63, 3.8) is 0 Å². The first-order valence-electron chi connectivity index (χ1n) is 8.11. The fourth-order valence-corrected chi connectivity index (χ4v) is 2.72. The molecule has 0 atom stereocenters. The minimum absolute atomic E-state index is 0.0654. The third-order valence-corrected chi connectivity index (χ3v) is 4.06. The van der Waals surface area contributed by atoms with Gasteiger partial charge in [-0.15, -0.1) is 0 Å². The summed E-state index contributed by atoms with van der Waals surface area (Å²) < 4.78 is 20.6. The molecule has 0 aliphatic rings. The highest BCUT2D eigenvalue weighted by molar-refractivity contribution is 14.1. The number of aromatic hydroxyl groups is 1. The fraction of sp³-hybridized carbons (Fsp3) is 0.316. The van der Waals surface area contributed by atoms with Gasteiger partial charge in [0.05, 0.1) is 5.69 Å². The van der Waals surface area contributed by atoms with Crippen LogP contribution in [-0.4, -0.2) is 16.8 Å². The van der Waals surface area contributed by atoms with Crippen molar-refractivity contribution in [3.8, 4) is 5.75 Å². The third-order valence-electron chi connectivity index (χ3n) is 3.39. The first-order chi connectivity index (χ1) is 12.2. The molecule has 0 spiro atoms. The molecule has 0 saturated heterocycles. The van der Waals surface area contributed by atoms with Gasteiger partial charge in [-0.3, -0.25) is 5.32 Å². The molecule has 0 aliphatic heterocycles. The van der Waals surface area contributed by atoms with Crippen LogP contribution >= 0.6 is 22.6 Å². The Kier molecular flexibility index (Phi) is 6.82. The Hall–Kier alpha value is -1.87. The smallest absolute Gasteiger partial charge is 0.412 e. The number of hydrogen-bond donors (Lipinski definition) is 3. The lowest BCUT2D eigenvalue weighted by Crippen LogP contribution is -2.27. The largest absolute Gasteiger partial charge is 0.508 e. The van der Waals surface area contributed by atoms with Gasteiger partial charge >= 0.3 is 6.09 Å². The van der Waals surface area contributed by atoms with Gasteiger partial charge in [0.25, 0.3) is 0 Å². The number of rotatable bonds is 5. The van der Waals surface area contributed by atoms with E-state index in [2.05, 4.69) is 33.2 Å². The Bertz CT molecular complexity index is 791. The van der Waals surface area contributed by atoms with Crippen molar-refractivity contribution >= 4 is 34.4 Å². The predicted octanol–water partition coefficient (Wildman–Crippen LogP) is 4.77. The summed E-state index contributed by atoms with van der Waals surface area (Å²) in [4.78, 5) is 11.8. The van der Waals surface area contributed by atoms with Gasteiger partial charge in [0.2, 0.25) is 0 Å². The van der Waals surface area contributed by atoms with Crippen molar-refractivity contribution < 1.29 is 19.0 Å². The predicted molar refractivity (Wildman–Crippen MR) is 108 cm³/mol. The van der Waals surface area contributed by atoms with E-state index in [1.807, 2.05) is 12.1 Å². The maximum Gasteiger partial charge on any atom is 0.412 e. The van der Waals surface area contributed by atoms with Gasteiger partial charge in [0.1, 0.15) is 11.4 Å². The van der Waals surface area contributed by atoms with E-state index in [1.54, 1.807) is 39.0 Å². The quantitative estimate of drug-likeness (QED) is 0.549. The topological polar surface area (TPSA) is 70.6 Å². The number of hydrogen-bond acceptors (Lipinski definition) is 4. The van der Waals surface area contributed by atoms with E-state index in [9.17, 15) is 14.3 Å². The van der Waals surface area contributed by atoms with E-state index < -0.39 is 17.5 Å². The molecule has 1 amide bonds. The van der Waals surface area contributed by atoms with Crippen molar-refractivity contribution in [2.24, 2.45) is 0 Å². The number of carbonyl (C=O) groups is 1. The summed E-state index contributed by atoms with van der Waals surface area (Å²) in [5, 5.41) is 15.4. The Labute approximate surface area is 166 Å². The van der Waals surface area contributed by atoms with Crippen LogP contribution in [0.1, 0.15) is 31.9 Å². The molecule has 5 nitrogen and oxygen atoms in total. The minimum atomic E-state index is -0.703. The Balaban J connectivity index is 1.99. The normalized spacial score (nSPS) is 11.3. The van der Waals surface area contributed by atoms with Crippen LogP contribution < -0.4 is 10.6 Å². The summed E-state index contributed by atoms with van der Waals surface area (Å²) in [6, 6.07) is 10.2. The zero-order valence-electron chi connectivity index (χ0n) is 14.9. The lowest BCUT2D eigenvalue weighted by molar-refractivity contribution is 0.0635. The molecule has 0 aliphatic carbocycles. The molecule has 7 heteroatoms. The molecule has 0 unspecified atom stereocenters. The second-order valence-electron chi connectivity index (χ2n) is 6.78. The molecule has 0 bridgehead atoms.